The van der Waals surface area contributed by atoms with E-state index in [4.69, 9.17) is 0 Å². The maximum absolute atomic E-state index is 12.5. The molecule has 3 rings (SSSR count). The van der Waals surface area contributed by atoms with Crippen LogP contribution in [0.15, 0.2) is 64.3 Å². The molecule has 0 saturated heterocycles. The lowest BCUT2D eigenvalue weighted by atomic mass is 10.1. The molecule has 6 nitrogen and oxygen atoms in total. The highest BCUT2D eigenvalue weighted by atomic mass is 32.2. The molecule has 1 aromatic heterocycles. The number of aromatic amines is 1. The zero-order valence-corrected chi connectivity index (χ0v) is 15.1. The molecule has 1 atom stereocenters. The summed E-state index contributed by atoms with van der Waals surface area (Å²) in [7, 11) is -3.27. The van der Waals surface area contributed by atoms with Gasteiger partial charge in [0, 0.05) is 11.8 Å². The minimum absolute atomic E-state index is 0.0308. The average molecular weight is 370 g/mol. The van der Waals surface area contributed by atoms with E-state index in [1.807, 2.05) is 12.1 Å². The molecular formula is C19H18N2O4S. The Balaban J connectivity index is 1.83. The van der Waals surface area contributed by atoms with Crippen molar-refractivity contribution in [3.05, 3.63) is 76.1 Å². The van der Waals surface area contributed by atoms with E-state index >= 15 is 0 Å². The van der Waals surface area contributed by atoms with Gasteiger partial charge in [-0.3, -0.25) is 9.59 Å². The van der Waals surface area contributed by atoms with Gasteiger partial charge in [0.05, 0.1) is 10.9 Å². The van der Waals surface area contributed by atoms with E-state index in [0.29, 0.717) is 5.52 Å². The van der Waals surface area contributed by atoms with Crippen LogP contribution in [0.4, 0.5) is 0 Å². The van der Waals surface area contributed by atoms with Crippen molar-refractivity contribution in [2.45, 2.75) is 17.9 Å². The molecule has 2 aromatic carbocycles. The third-order valence-corrected chi connectivity index (χ3v) is 5.28. The zero-order valence-electron chi connectivity index (χ0n) is 14.3. The molecule has 3 aromatic rings. The number of carbonyl (C=O) groups is 1. The minimum Gasteiger partial charge on any atom is -0.345 e. The van der Waals surface area contributed by atoms with Crippen molar-refractivity contribution >= 4 is 26.6 Å². The van der Waals surface area contributed by atoms with Gasteiger partial charge in [-0.05, 0) is 42.1 Å². The summed E-state index contributed by atoms with van der Waals surface area (Å²) < 4.78 is 23.0. The van der Waals surface area contributed by atoms with Crippen LogP contribution in [0.3, 0.4) is 0 Å². The van der Waals surface area contributed by atoms with Crippen molar-refractivity contribution in [2.75, 3.05) is 6.26 Å². The smallest absolute Gasteiger partial charge is 0.261 e. The summed E-state index contributed by atoms with van der Waals surface area (Å²) in [5.41, 5.74) is 0.977. The molecule has 2 N–H and O–H groups in total. The van der Waals surface area contributed by atoms with Crippen molar-refractivity contribution in [2.24, 2.45) is 0 Å². The van der Waals surface area contributed by atoms with Crippen molar-refractivity contribution in [1.82, 2.24) is 10.3 Å². The number of carbonyl (C=O) groups excluding carboxylic acids is 1. The predicted octanol–water partition coefficient (Wildman–Crippen LogP) is 2.42. The van der Waals surface area contributed by atoms with Gasteiger partial charge in [-0.1, -0.05) is 30.3 Å². The van der Waals surface area contributed by atoms with Crippen LogP contribution in [0.1, 0.15) is 28.9 Å². The van der Waals surface area contributed by atoms with Gasteiger partial charge in [0.25, 0.3) is 11.5 Å². The summed E-state index contributed by atoms with van der Waals surface area (Å²) in [4.78, 5) is 27.6. The Labute approximate surface area is 150 Å². The summed E-state index contributed by atoms with van der Waals surface area (Å²) in [5, 5.41) is 3.53. The molecule has 0 spiro atoms. The topological polar surface area (TPSA) is 96.1 Å². The molecular weight excluding hydrogens is 352 g/mol. The third-order valence-electron chi connectivity index (χ3n) is 4.15. The van der Waals surface area contributed by atoms with Crippen LogP contribution in [0.25, 0.3) is 10.9 Å². The van der Waals surface area contributed by atoms with Gasteiger partial charge in [0.1, 0.15) is 5.56 Å². The van der Waals surface area contributed by atoms with E-state index in [1.165, 1.54) is 12.1 Å². The number of hydrogen-bond acceptors (Lipinski definition) is 4. The van der Waals surface area contributed by atoms with Gasteiger partial charge in [-0.15, -0.1) is 0 Å². The average Bonchev–Trinajstić information content (AvgIpc) is 2.60. The van der Waals surface area contributed by atoms with Gasteiger partial charge >= 0.3 is 0 Å². The van der Waals surface area contributed by atoms with Crippen molar-refractivity contribution in [3.63, 3.8) is 0 Å². The van der Waals surface area contributed by atoms with Crippen LogP contribution < -0.4 is 10.9 Å². The molecule has 134 valence electrons. The number of para-hydroxylation sites is 1. The molecule has 0 aliphatic rings. The largest absolute Gasteiger partial charge is 0.345 e. The van der Waals surface area contributed by atoms with Crippen LogP contribution in [0.5, 0.6) is 0 Å². The number of pyridine rings is 1. The number of hydrogen-bond donors (Lipinski definition) is 2. The Hall–Kier alpha value is -2.93. The quantitative estimate of drug-likeness (QED) is 0.737. The van der Waals surface area contributed by atoms with Crippen LogP contribution in [-0.4, -0.2) is 25.6 Å². The minimum atomic E-state index is -3.27. The molecule has 0 unspecified atom stereocenters. The summed E-state index contributed by atoms with van der Waals surface area (Å²) in [5.74, 6) is -0.489. The summed E-state index contributed by atoms with van der Waals surface area (Å²) in [6, 6.07) is 14.7. The predicted molar refractivity (Wildman–Crippen MR) is 100 cm³/mol. The summed E-state index contributed by atoms with van der Waals surface area (Å²) in [6.07, 6.45) is 1.14. The highest BCUT2D eigenvalue weighted by Gasteiger charge is 2.16. The van der Waals surface area contributed by atoms with Crippen LogP contribution in [0.2, 0.25) is 0 Å². The Kier molecular flexibility index (Phi) is 4.65. The first-order valence-electron chi connectivity index (χ1n) is 7.98. The van der Waals surface area contributed by atoms with E-state index in [2.05, 4.69) is 10.3 Å². The van der Waals surface area contributed by atoms with Gasteiger partial charge in [-0.25, -0.2) is 8.42 Å². The number of aromatic nitrogens is 1. The molecule has 1 heterocycles. The Morgan fingerprint density at radius 2 is 1.73 bits per heavy atom. The first kappa shape index (κ1) is 17.9. The number of sulfone groups is 1. The molecule has 7 heteroatoms. The van der Waals surface area contributed by atoms with Crippen LogP contribution >= 0.6 is 0 Å². The second kappa shape index (κ2) is 6.76. The fraction of sp³-hybridized carbons (Fsp3) is 0.158. The molecule has 0 radical (unpaired) electrons. The lowest BCUT2D eigenvalue weighted by Gasteiger charge is -2.14. The van der Waals surface area contributed by atoms with Crippen LogP contribution in [-0.2, 0) is 9.84 Å². The van der Waals surface area contributed by atoms with Gasteiger partial charge < -0.3 is 10.3 Å². The fourth-order valence-corrected chi connectivity index (χ4v) is 3.31. The van der Waals surface area contributed by atoms with Gasteiger partial charge in [-0.2, -0.15) is 0 Å². The SMILES string of the molecule is C[C@H](NC(=O)c1cc2ccccc2[nH]c1=O)c1ccc(S(C)(=O)=O)cc1. The van der Waals surface area contributed by atoms with Crippen molar-refractivity contribution < 1.29 is 13.2 Å². The van der Waals surface area contributed by atoms with Gasteiger partial charge in [0.2, 0.25) is 0 Å². The first-order chi connectivity index (χ1) is 12.3. The lowest BCUT2D eigenvalue weighted by Crippen LogP contribution is -2.31. The Morgan fingerprint density at radius 3 is 2.38 bits per heavy atom. The maximum Gasteiger partial charge on any atom is 0.261 e. The Morgan fingerprint density at radius 1 is 1.08 bits per heavy atom. The normalized spacial score (nSPS) is 12.7. The summed E-state index contributed by atoms with van der Waals surface area (Å²) >= 11 is 0. The number of nitrogens with one attached hydrogen (secondary N) is 2. The highest BCUT2D eigenvalue weighted by molar-refractivity contribution is 7.90. The third kappa shape index (κ3) is 3.67. The van der Waals surface area contributed by atoms with Crippen molar-refractivity contribution in [1.29, 1.82) is 0 Å². The molecule has 26 heavy (non-hydrogen) atoms. The van der Waals surface area contributed by atoms with Crippen LogP contribution in [0, 0.1) is 0 Å². The van der Waals surface area contributed by atoms with E-state index in [0.717, 1.165) is 17.2 Å². The van der Waals surface area contributed by atoms with E-state index in [9.17, 15) is 18.0 Å². The monoisotopic (exact) mass is 370 g/mol. The number of benzene rings is 2. The summed E-state index contributed by atoms with van der Waals surface area (Å²) in [6.45, 7) is 1.77. The number of H-pyrrole nitrogens is 1. The first-order valence-corrected chi connectivity index (χ1v) is 9.88. The zero-order chi connectivity index (χ0) is 18.9. The lowest BCUT2D eigenvalue weighted by molar-refractivity contribution is 0.0938. The van der Waals surface area contributed by atoms with E-state index in [-0.39, 0.29) is 16.5 Å². The van der Waals surface area contributed by atoms with Crippen molar-refractivity contribution in [3.8, 4) is 0 Å². The molecule has 0 aliphatic heterocycles. The highest BCUT2D eigenvalue weighted by Crippen LogP contribution is 2.17. The molecule has 1 amide bonds. The van der Waals surface area contributed by atoms with E-state index < -0.39 is 21.3 Å². The standard InChI is InChI=1S/C19H18N2O4S/c1-12(13-7-9-15(10-8-13)26(2,24)25)20-18(22)16-11-14-5-3-4-6-17(14)21-19(16)23/h3-12H,1-2H3,(H,20,22)(H,21,23)/t12-/m0/s1. The molecule has 0 aliphatic carbocycles. The number of amides is 1. The number of fused-ring (bicyclic) bond motifs is 1. The van der Waals surface area contributed by atoms with Gasteiger partial charge in [0.15, 0.2) is 9.84 Å². The molecule has 0 bridgehead atoms. The maximum atomic E-state index is 12.5. The second-order valence-electron chi connectivity index (χ2n) is 6.14. The molecule has 0 fully saturated rings. The Bertz CT molecular complexity index is 1130. The number of rotatable bonds is 4. The second-order valence-corrected chi connectivity index (χ2v) is 8.15. The van der Waals surface area contributed by atoms with E-state index in [1.54, 1.807) is 37.3 Å². The molecule has 0 saturated carbocycles. The fourth-order valence-electron chi connectivity index (χ4n) is 2.68.